The van der Waals surface area contributed by atoms with Crippen LogP contribution in [0.25, 0.3) is 0 Å². The molecule has 0 saturated heterocycles. The van der Waals surface area contributed by atoms with Gasteiger partial charge in [0.25, 0.3) is 0 Å². The minimum absolute atomic E-state index is 0.124. The van der Waals surface area contributed by atoms with E-state index in [4.69, 9.17) is 5.11 Å². The third-order valence-electron chi connectivity index (χ3n) is 3.46. The number of carbonyl (C=O) groups excluding carboxylic acids is 2. The number of carbonyl (C=O) groups is 3. The Kier molecular flexibility index (Phi) is 7.88. The molecule has 0 spiro atoms. The van der Waals surface area contributed by atoms with Gasteiger partial charge in [0.1, 0.15) is 11.6 Å². The minimum atomic E-state index is -1.43. The summed E-state index contributed by atoms with van der Waals surface area (Å²) in [7, 11) is 0. The summed E-state index contributed by atoms with van der Waals surface area (Å²) in [4.78, 5) is 35.7. The zero-order valence-electron chi connectivity index (χ0n) is 15.2. The number of rotatable bonds is 8. The van der Waals surface area contributed by atoms with Gasteiger partial charge in [0, 0.05) is 4.47 Å². The molecule has 5 N–H and O–H groups in total. The Morgan fingerprint density at radius 2 is 1.73 bits per heavy atom. The lowest BCUT2D eigenvalue weighted by Gasteiger charge is -2.26. The lowest BCUT2D eigenvalue weighted by Crippen LogP contribution is -2.58. The lowest BCUT2D eigenvalue weighted by atomic mass is 10.0. The summed E-state index contributed by atoms with van der Waals surface area (Å²) in [6.45, 7) is 6.58. The molecule has 0 fully saturated rings. The summed E-state index contributed by atoms with van der Waals surface area (Å²) >= 11 is 3.32. The van der Waals surface area contributed by atoms with Gasteiger partial charge in [-0.15, -0.1) is 0 Å². The van der Waals surface area contributed by atoms with Crippen LogP contribution in [0.4, 0.5) is 10.5 Å². The third-order valence-corrected chi connectivity index (χ3v) is 3.99. The molecular formula is C17H25BrN4O4. The smallest absolute Gasteiger partial charge is 0.334 e. The molecule has 1 aromatic carbocycles. The van der Waals surface area contributed by atoms with Crippen molar-refractivity contribution in [1.82, 2.24) is 16.1 Å². The molecule has 1 atom stereocenters. The fourth-order valence-electron chi connectivity index (χ4n) is 2.01. The van der Waals surface area contributed by atoms with Gasteiger partial charge in [-0.1, -0.05) is 29.8 Å². The van der Waals surface area contributed by atoms with Crippen molar-refractivity contribution in [2.75, 3.05) is 5.43 Å². The Labute approximate surface area is 161 Å². The second-order valence-electron chi connectivity index (χ2n) is 6.83. The number of hydrogen-bond acceptors (Lipinski definition) is 4. The predicted octanol–water partition coefficient (Wildman–Crippen LogP) is 2.47. The lowest BCUT2D eigenvalue weighted by molar-refractivity contribution is -0.146. The van der Waals surface area contributed by atoms with E-state index in [9.17, 15) is 14.4 Å². The SMILES string of the molecule is CC(C)CC(NC(=O)NNc1ccc(Br)cc1)C(=O)NC(C)(C)C(=O)O. The van der Waals surface area contributed by atoms with Gasteiger partial charge in [0.15, 0.2) is 0 Å². The molecule has 8 nitrogen and oxygen atoms in total. The van der Waals surface area contributed by atoms with Crippen molar-refractivity contribution in [2.24, 2.45) is 5.92 Å². The normalized spacial score (nSPS) is 12.2. The van der Waals surface area contributed by atoms with Crippen LogP contribution in [0, 0.1) is 5.92 Å². The highest BCUT2D eigenvalue weighted by Gasteiger charge is 2.32. The first-order chi connectivity index (χ1) is 12.0. The van der Waals surface area contributed by atoms with E-state index in [0.717, 1.165) is 4.47 Å². The van der Waals surface area contributed by atoms with Gasteiger partial charge < -0.3 is 15.7 Å². The zero-order chi connectivity index (χ0) is 19.9. The van der Waals surface area contributed by atoms with Gasteiger partial charge in [-0.2, -0.15) is 0 Å². The predicted molar refractivity (Wildman–Crippen MR) is 103 cm³/mol. The zero-order valence-corrected chi connectivity index (χ0v) is 16.8. The van der Waals surface area contributed by atoms with Crippen molar-refractivity contribution in [3.05, 3.63) is 28.7 Å². The van der Waals surface area contributed by atoms with Gasteiger partial charge in [-0.05, 0) is 50.5 Å². The number of halogens is 1. The summed E-state index contributed by atoms with van der Waals surface area (Å²) in [6.07, 6.45) is 0.368. The molecule has 0 heterocycles. The molecule has 1 rings (SSSR count). The van der Waals surface area contributed by atoms with Gasteiger partial charge in [0.05, 0.1) is 5.69 Å². The Morgan fingerprint density at radius 3 is 2.23 bits per heavy atom. The fraction of sp³-hybridized carbons (Fsp3) is 0.471. The maximum absolute atomic E-state index is 12.4. The second-order valence-corrected chi connectivity index (χ2v) is 7.75. The number of hydrogen-bond donors (Lipinski definition) is 5. The average molecular weight is 429 g/mol. The van der Waals surface area contributed by atoms with Crippen LogP contribution >= 0.6 is 15.9 Å². The molecule has 0 radical (unpaired) electrons. The van der Waals surface area contributed by atoms with Crippen LogP contribution in [0.1, 0.15) is 34.1 Å². The van der Waals surface area contributed by atoms with E-state index in [1.165, 1.54) is 13.8 Å². The Balaban J connectivity index is 2.67. The van der Waals surface area contributed by atoms with E-state index in [-0.39, 0.29) is 5.92 Å². The molecule has 0 bridgehead atoms. The summed E-state index contributed by atoms with van der Waals surface area (Å²) in [6, 6.07) is 5.69. The van der Waals surface area contributed by atoms with Crippen LogP contribution in [0.5, 0.6) is 0 Å². The molecular weight excluding hydrogens is 404 g/mol. The number of carboxylic acids is 1. The molecule has 0 aliphatic heterocycles. The largest absolute Gasteiger partial charge is 0.480 e. The van der Waals surface area contributed by atoms with Gasteiger partial charge in [-0.25, -0.2) is 9.59 Å². The number of amides is 3. The molecule has 26 heavy (non-hydrogen) atoms. The highest BCUT2D eigenvalue weighted by Crippen LogP contribution is 2.13. The molecule has 1 unspecified atom stereocenters. The van der Waals surface area contributed by atoms with Crippen LogP contribution < -0.4 is 21.5 Å². The van der Waals surface area contributed by atoms with Crippen molar-refractivity contribution < 1.29 is 19.5 Å². The summed E-state index contributed by atoms with van der Waals surface area (Å²) in [5.41, 5.74) is 4.41. The van der Waals surface area contributed by atoms with E-state index in [0.29, 0.717) is 12.1 Å². The maximum Gasteiger partial charge on any atom is 0.334 e. The minimum Gasteiger partial charge on any atom is -0.480 e. The number of anilines is 1. The average Bonchev–Trinajstić information content (AvgIpc) is 2.52. The molecule has 1 aromatic rings. The maximum atomic E-state index is 12.4. The van der Waals surface area contributed by atoms with Gasteiger partial charge in [-0.3, -0.25) is 15.6 Å². The van der Waals surface area contributed by atoms with Crippen LogP contribution in [-0.4, -0.2) is 34.6 Å². The van der Waals surface area contributed by atoms with E-state index in [1.54, 1.807) is 12.1 Å². The number of carboxylic acid groups (broad SMARTS) is 1. The molecule has 0 aromatic heterocycles. The molecule has 3 amide bonds. The topological polar surface area (TPSA) is 120 Å². The summed E-state index contributed by atoms with van der Waals surface area (Å²) in [5, 5.41) is 14.1. The highest BCUT2D eigenvalue weighted by molar-refractivity contribution is 9.10. The molecule has 0 aliphatic carbocycles. The van der Waals surface area contributed by atoms with Crippen LogP contribution in [0.15, 0.2) is 28.7 Å². The highest BCUT2D eigenvalue weighted by atomic mass is 79.9. The number of benzene rings is 1. The van der Waals surface area contributed by atoms with Gasteiger partial charge in [0.2, 0.25) is 5.91 Å². The molecule has 0 aliphatic rings. The van der Waals surface area contributed by atoms with E-state index < -0.39 is 29.5 Å². The second kappa shape index (κ2) is 9.42. The van der Waals surface area contributed by atoms with E-state index in [1.807, 2.05) is 26.0 Å². The van der Waals surface area contributed by atoms with Crippen molar-refractivity contribution in [1.29, 1.82) is 0 Å². The Hall–Kier alpha value is -2.29. The Bertz CT molecular complexity index is 647. The van der Waals surface area contributed by atoms with Crippen molar-refractivity contribution >= 4 is 39.5 Å². The summed E-state index contributed by atoms with van der Waals surface area (Å²) < 4.78 is 0.905. The van der Waals surface area contributed by atoms with Crippen molar-refractivity contribution in [3.63, 3.8) is 0 Å². The first-order valence-corrected chi connectivity index (χ1v) is 8.94. The first-order valence-electron chi connectivity index (χ1n) is 8.14. The number of hydrazine groups is 1. The number of urea groups is 1. The fourth-order valence-corrected chi connectivity index (χ4v) is 2.27. The Morgan fingerprint density at radius 1 is 1.15 bits per heavy atom. The number of aliphatic carboxylic acids is 1. The van der Waals surface area contributed by atoms with Crippen LogP contribution in [0.2, 0.25) is 0 Å². The standard InChI is InChI=1S/C17H25BrN4O4/c1-10(2)9-13(14(23)20-17(3,4)15(24)25)19-16(26)22-21-12-7-5-11(18)6-8-12/h5-8,10,13,21H,9H2,1-4H3,(H,20,23)(H,24,25)(H2,19,22,26). The first kappa shape index (κ1) is 21.8. The molecule has 144 valence electrons. The van der Waals surface area contributed by atoms with Crippen molar-refractivity contribution in [2.45, 2.75) is 45.7 Å². The quantitative estimate of drug-likeness (QED) is 0.407. The molecule has 0 saturated carbocycles. The van der Waals surface area contributed by atoms with Crippen LogP contribution in [-0.2, 0) is 9.59 Å². The molecule has 9 heteroatoms. The van der Waals surface area contributed by atoms with E-state index >= 15 is 0 Å². The van der Waals surface area contributed by atoms with Crippen molar-refractivity contribution in [3.8, 4) is 0 Å². The van der Waals surface area contributed by atoms with Gasteiger partial charge >= 0.3 is 12.0 Å². The van der Waals surface area contributed by atoms with E-state index in [2.05, 4.69) is 37.4 Å². The monoisotopic (exact) mass is 428 g/mol. The third kappa shape index (κ3) is 7.30. The van der Waals surface area contributed by atoms with Crippen LogP contribution in [0.3, 0.4) is 0 Å². The number of nitrogens with one attached hydrogen (secondary N) is 4. The summed E-state index contributed by atoms with van der Waals surface area (Å²) in [5.74, 6) is -1.58.